The van der Waals surface area contributed by atoms with Crippen LogP contribution in [0.1, 0.15) is 23.5 Å². The maximum absolute atomic E-state index is 12.6. The van der Waals surface area contributed by atoms with E-state index >= 15 is 0 Å². The van der Waals surface area contributed by atoms with Crippen molar-refractivity contribution < 1.29 is 14.3 Å². The number of rotatable bonds is 3. The first-order chi connectivity index (χ1) is 13.0. The van der Waals surface area contributed by atoms with E-state index in [4.69, 9.17) is 4.74 Å². The molecule has 0 saturated carbocycles. The van der Waals surface area contributed by atoms with E-state index in [0.29, 0.717) is 38.9 Å². The van der Waals surface area contributed by atoms with E-state index in [1.807, 2.05) is 33.2 Å². The lowest BCUT2D eigenvalue weighted by atomic mass is 9.88. The van der Waals surface area contributed by atoms with Crippen molar-refractivity contribution in [3.05, 3.63) is 40.6 Å². The van der Waals surface area contributed by atoms with Gasteiger partial charge in [0.15, 0.2) is 6.10 Å². The number of aromatic nitrogens is 2. The van der Waals surface area contributed by atoms with Gasteiger partial charge in [-0.15, -0.1) is 11.3 Å². The number of carbonyl (C=O) groups excluding carboxylic acids is 2. The Balaban J connectivity index is 1.49. The topological polar surface area (TPSA) is 67.7 Å². The fourth-order valence-electron chi connectivity index (χ4n) is 3.95. The highest BCUT2D eigenvalue weighted by Gasteiger charge is 2.47. The fraction of sp³-hybridized carbons (Fsp3) is 0.526. The molecule has 8 heteroatoms. The molecule has 0 N–H and O–H groups in total. The standard InChI is InChI=1S/C19H24N4O3S/c1-21(2)17(25)15-13-23-10-7-20-18(23)19(26-15)5-8-22(9-6-19)16(24)12-14-4-3-11-27-14/h3-4,7,10-11,15H,5-6,8-9,12-13H2,1-2H3/t15-/m1/s1. The number of fused-ring (bicyclic) bond motifs is 2. The van der Waals surface area contributed by atoms with Gasteiger partial charge in [0, 0.05) is 57.3 Å². The van der Waals surface area contributed by atoms with Gasteiger partial charge in [-0.05, 0) is 11.4 Å². The largest absolute Gasteiger partial charge is 0.352 e. The molecule has 4 heterocycles. The van der Waals surface area contributed by atoms with Crippen LogP contribution in [0.4, 0.5) is 0 Å². The van der Waals surface area contributed by atoms with Crippen LogP contribution in [0.3, 0.4) is 0 Å². The minimum atomic E-state index is -0.599. The summed E-state index contributed by atoms with van der Waals surface area (Å²) in [6.07, 6.45) is 4.90. The van der Waals surface area contributed by atoms with Gasteiger partial charge in [0.2, 0.25) is 5.91 Å². The molecular formula is C19H24N4O3S. The Bertz CT molecular complexity index is 822. The molecule has 0 aliphatic carbocycles. The number of nitrogens with zero attached hydrogens (tertiary/aromatic N) is 4. The van der Waals surface area contributed by atoms with E-state index in [-0.39, 0.29) is 11.8 Å². The third kappa shape index (κ3) is 3.39. The number of imidazole rings is 1. The molecule has 0 aromatic carbocycles. The van der Waals surface area contributed by atoms with Crippen LogP contribution in [-0.4, -0.2) is 64.5 Å². The third-order valence-electron chi connectivity index (χ3n) is 5.40. The van der Waals surface area contributed by atoms with E-state index in [1.54, 1.807) is 36.5 Å². The summed E-state index contributed by atoms with van der Waals surface area (Å²) in [5.74, 6) is 0.980. The Morgan fingerprint density at radius 1 is 1.37 bits per heavy atom. The molecule has 27 heavy (non-hydrogen) atoms. The zero-order valence-electron chi connectivity index (χ0n) is 15.6. The predicted molar refractivity (Wildman–Crippen MR) is 101 cm³/mol. The molecule has 1 atom stereocenters. The van der Waals surface area contributed by atoms with Crippen molar-refractivity contribution in [1.82, 2.24) is 19.4 Å². The summed E-state index contributed by atoms with van der Waals surface area (Å²) in [5.41, 5.74) is -0.599. The Morgan fingerprint density at radius 2 is 2.15 bits per heavy atom. The smallest absolute Gasteiger partial charge is 0.253 e. The molecule has 2 aromatic heterocycles. The van der Waals surface area contributed by atoms with Crippen molar-refractivity contribution in [3.63, 3.8) is 0 Å². The highest BCUT2D eigenvalue weighted by Crippen LogP contribution is 2.40. The van der Waals surface area contributed by atoms with Crippen LogP contribution in [0.5, 0.6) is 0 Å². The van der Waals surface area contributed by atoms with Crippen molar-refractivity contribution in [1.29, 1.82) is 0 Å². The fourth-order valence-corrected chi connectivity index (χ4v) is 4.64. The van der Waals surface area contributed by atoms with E-state index in [9.17, 15) is 9.59 Å². The average Bonchev–Trinajstić information content (AvgIpc) is 3.33. The van der Waals surface area contributed by atoms with Crippen molar-refractivity contribution in [3.8, 4) is 0 Å². The summed E-state index contributed by atoms with van der Waals surface area (Å²) < 4.78 is 8.37. The Morgan fingerprint density at radius 3 is 2.81 bits per heavy atom. The lowest BCUT2D eigenvalue weighted by molar-refractivity contribution is -0.181. The lowest BCUT2D eigenvalue weighted by Crippen LogP contribution is -2.54. The first-order valence-electron chi connectivity index (χ1n) is 9.19. The van der Waals surface area contributed by atoms with Crippen molar-refractivity contribution in [2.24, 2.45) is 0 Å². The van der Waals surface area contributed by atoms with E-state index in [2.05, 4.69) is 4.98 Å². The molecule has 2 amide bonds. The SMILES string of the molecule is CN(C)C(=O)[C@H]1Cn2ccnc2C2(CCN(C(=O)Cc3cccs3)CC2)O1. The molecule has 1 fully saturated rings. The second-order valence-electron chi connectivity index (χ2n) is 7.37. The number of hydrogen-bond acceptors (Lipinski definition) is 5. The molecule has 0 radical (unpaired) electrons. The second kappa shape index (κ2) is 7.09. The number of hydrogen-bond donors (Lipinski definition) is 0. The zero-order valence-corrected chi connectivity index (χ0v) is 16.4. The lowest BCUT2D eigenvalue weighted by Gasteiger charge is -2.45. The van der Waals surface area contributed by atoms with Crippen molar-refractivity contribution in [2.45, 2.75) is 37.5 Å². The summed E-state index contributed by atoms with van der Waals surface area (Å²) in [7, 11) is 3.49. The normalized spacial score (nSPS) is 21.1. The van der Waals surface area contributed by atoms with Gasteiger partial charge in [0.1, 0.15) is 11.4 Å². The zero-order chi connectivity index (χ0) is 19.0. The van der Waals surface area contributed by atoms with Crippen LogP contribution in [0.25, 0.3) is 0 Å². The molecule has 2 aliphatic heterocycles. The number of carbonyl (C=O) groups is 2. The molecule has 2 aromatic rings. The van der Waals surface area contributed by atoms with Crippen LogP contribution >= 0.6 is 11.3 Å². The number of likely N-dealkylation sites (N-methyl/N-ethyl adjacent to an activating group) is 1. The maximum atomic E-state index is 12.6. The molecule has 144 valence electrons. The first kappa shape index (κ1) is 18.2. The monoisotopic (exact) mass is 388 g/mol. The number of ether oxygens (including phenoxy) is 1. The van der Waals surface area contributed by atoms with E-state index < -0.39 is 11.7 Å². The van der Waals surface area contributed by atoms with Crippen LogP contribution in [0, 0.1) is 0 Å². The molecule has 1 spiro atoms. The first-order valence-corrected chi connectivity index (χ1v) is 10.1. The average molecular weight is 388 g/mol. The van der Waals surface area contributed by atoms with Gasteiger partial charge in [-0.3, -0.25) is 9.59 Å². The van der Waals surface area contributed by atoms with Crippen molar-refractivity contribution in [2.75, 3.05) is 27.2 Å². The summed E-state index contributed by atoms with van der Waals surface area (Å²) in [5, 5.41) is 1.99. The minimum absolute atomic E-state index is 0.0371. The Kier molecular flexibility index (Phi) is 4.77. The number of thiophene rings is 1. The van der Waals surface area contributed by atoms with Gasteiger partial charge >= 0.3 is 0 Å². The summed E-state index contributed by atoms with van der Waals surface area (Å²) in [6, 6.07) is 3.96. The van der Waals surface area contributed by atoms with Gasteiger partial charge in [-0.1, -0.05) is 6.07 Å². The number of amides is 2. The van der Waals surface area contributed by atoms with Gasteiger partial charge in [0.25, 0.3) is 5.91 Å². The quantitative estimate of drug-likeness (QED) is 0.799. The third-order valence-corrected chi connectivity index (χ3v) is 6.28. The molecule has 0 unspecified atom stereocenters. The van der Waals surface area contributed by atoms with Gasteiger partial charge in [0.05, 0.1) is 13.0 Å². The highest BCUT2D eigenvalue weighted by molar-refractivity contribution is 7.10. The summed E-state index contributed by atoms with van der Waals surface area (Å²) >= 11 is 1.61. The highest BCUT2D eigenvalue weighted by atomic mass is 32.1. The molecule has 7 nitrogen and oxygen atoms in total. The van der Waals surface area contributed by atoms with E-state index in [1.165, 1.54) is 0 Å². The predicted octanol–water partition coefficient (Wildman–Crippen LogP) is 1.49. The van der Waals surface area contributed by atoms with Gasteiger partial charge < -0.3 is 19.1 Å². The number of piperidine rings is 1. The van der Waals surface area contributed by atoms with E-state index in [0.717, 1.165) is 10.7 Å². The Labute approximate surface area is 162 Å². The second-order valence-corrected chi connectivity index (χ2v) is 8.41. The molecular weight excluding hydrogens is 364 g/mol. The Hall–Kier alpha value is -2.19. The molecule has 1 saturated heterocycles. The van der Waals surface area contributed by atoms with Crippen LogP contribution < -0.4 is 0 Å². The molecule has 0 bridgehead atoms. The summed E-state index contributed by atoms with van der Waals surface area (Å²) in [6.45, 7) is 1.70. The number of likely N-dealkylation sites (tertiary alicyclic amines) is 1. The molecule has 4 rings (SSSR count). The van der Waals surface area contributed by atoms with Crippen LogP contribution in [0.15, 0.2) is 29.9 Å². The summed E-state index contributed by atoms with van der Waals surface area (Å²) in [4.78, 5) is 34.2. The van der Waals surface area contributed by atoms with Crippen LogP contribution in [0.2, 0.25) is 0 Å². The molecule has 2 aliphatic rings. The minimum Gasteiger partial charge on any atom is -0.352 e. The maximum Gasteiger partial charge on any atom is 0.253 e. The van der Waals surface area contributed by atoms with Gasteiger partial charge in [-0.25, -0.2) is 4.98 Å². The van der Waals surface area contributed by atoms with Gasteiger partial charge in [-0.2, -0.15) is 0 Å². The van der Waals surface area contributed by atoms with Crippen LogP contribution in [-0.2, 0) is 32.9 Å². The van der Waals surface area contributed by atoms with Crippen molar-refractivity contribution >= 4 is 23.2 Å².